The van der Waals surface area contributed by atoms with Crippen molar-refractivity contribution < 1.29 is 0 Å². The van der Waals surface area contributed by atoms with Crippen LogP contribution in [0, 0.1) is 6.92 Å². The van der Waals surface area contributed by atoms with Crippen molar-refractivity contribution in [3.05, 3.63) is 49.1 Å². The summed E-state index contributed by atoms with van der Waals surface area (Å²) in [6, 6.07) is 5.49. The fraction of sp³-hybridized carbons (Fsp3) is 0.167. The maximum atomic E-state index is 6.08. The van der Waals surface area contributed by atoms with E-state index in [4.69, 9.17) is 34.8 Å². The summed E-state index contributed by atoms with van der Waals surface area (Å²) in [6.07, 6.45) is 0. The van der Waals surface area contributed by atoms with E-state index >= 15 is 0 Å². The summed E-state index contributed by atoms with van der Waals surface area (Å²) in [4.78, 5) is 1.28. The molecular weight excluding hydrogens is 297 g/mol. The molecule has 0 bridgehead atoms. The first-order valence-corrected chi connectivity index (χ1v) is 7.00. The predicted octanol–water partition coefficient (Wildman–Crippen LogP) is 5.63. The van der Waals surface area contributed by atoms with E-state index < -0.39 is 0 Å². The minimum absolute atomic E-state index is 0.467. The van der Waals surface area contributed by atoms with E-state index in [0.717, 1.165) is 12.2 Å². The van der Waals surface area contributed by atoms with E-state index in [1.165, 1.54) is 10.4 Å². The molecule has 0 fully saturated rings. The van der Waals surface area contributed by atoms with Crippen molar-refractivity contribution in [2.24, 2.45) is 0 Å². The lowest BCUT2D eigenvalue weighted by Gasteiger charge is -2.09. The number of nitrogens with one attached hydrogen (secondary N) is 1. The molecule has 5 heteroatoms. The van der Waals surface area contributed by atoms with Crippen LogP contribution in [0.3, 0.4) is 0 Å². The molecule has 0 unspecified atom stereocenters. The molecule has 0 amide bonds. The Kier molecular flexibility index (Phi) is 4.21. The quantitative estimate of drug-likeness (QED) is 0.725. The van der Waals surface area contributed by atoms with Gasteiger partial charge in [-0.3, -0.25) is 0 Å². The summed E-state index contributed by atoms with van der Waals surface area (Å²) in [7, 11) is 0. The van der Waals surface area contributed by atoms with Gasteiger partial charge in [-0.1, -0.05) is 34.8 Å². The lowest BCUT2D eigenvalue weighted by Crippen LogP contribution is -1.99. The maximum absolute atomic E-state index is 6.08. The van der Waals surface area contributed by atoms with Gasteiger partial charge in [0.15, 0.2) is 0 Å². The van der Waals surface area contributed by atoms with Crippen molar-refractivity contribution in [2.45, 2.75) is 13.5 Å². The van der Waals surface area contributed by atoms with Gasteiger partial charge < -0.3 is 5.32 Å². The third-order valence-electron chi connectivity index (χ3n) is 2.42. The van der Waals surface area contributed by atoms with E-state index in [0.29, 0.717) is 15.1 Å². The zero-order valence-electron chi connectivity index (χ0n) is 9.06. The summed E-state index contributed by atoms with van der Waals surface area (Å²) in [5, 5.41) is 6.88. The minimum Gasteiger partial charge on any atom is -0.379 e. The number of halogens is 3. The zero-order valence-corrected chi connectivity index (χ0v) is 12.1. The predicted molar refractivity (Wildman–Crippen MR) is 77.9 cm³/mol. The summed E-state index contributed by atoms with van der Waals surface area (Å²) in [6.45, 7) is 2.82. The fourth-order valence-corrected chi connectivity index (χ4v) is 2.88. The average Bonchev–Trinajstić information content (AvgIpc) is 2.68. The normalized spacial score (nSPS) is 10.6. The van der Waals surface area contributed by atoms with Gasteiger partial charge in [-0.05, 0) is 36.1 Å². The van der Waals surface area contributed by atoms with Crippen LogP contribution in [0.4, 0.5) is 5.69 Å². The molecule has 0 aliphatic carbocycles. The molecule has 0 aliphatic rings. The Morgan fingerprint density at radius 1 is 1.12 bits per heavy atom. The Bertz CT molecular complexity index is 537. The summed E-state index contributed by atoms with van der Waals surface area (Å²) in [5.41, 5.74) is 2.08. The molecule has 0 saturated carbocycles. The molecule has 0 saturated heterocycles. The van der Waals surface area contributed by atoms with Crippen LogP contribution in [0.15, 0.2) is 23.6 Å². The van der Waals surface area contributed by atoms with Gasteiger partial charge in [0, 0.05) is 11.4 Å². The number of hydrogen-bond donors (Lipinski definition) is 1. The standard InChI is InChI=1S/C12H10Cl3NS/c1-7-2-3-17-12(7)6-16-11-5-9(14)8(13)4-10(11)15/h2-5,16H,6H2,1H3. The summed E-state index contributed by atoms with van der Waals surface area (Å²) < 4.78 is 0. The molecule has 1 heterocycles. The smallest absolute Gasteiger partial charge is 0.0653 e. The number of hydrogen-bond acceptors (Lipinski definition) is 2. The number of thiophene rings is 1. The van der Waals surface area contributed by atoms with Crippen LogP contribution >= 0.6 is 46.1 Å². The number of rotatable bonds is 3. The molecule has 1 aromatic heterocycles. The van der Waals surface area contributed by atoms with E-state index in [-0.39, 0.29) is 0 Å². The number of aryl methyl sites for hydroxylation is 1. The van der Waals surface area contributed by atoms with Crippen LogP contribution in [0.2, 0.25) is 15.1 Å². The molecule has 1 nitrogen and oxygen atoms in total. The number of anilines is 1. The molecule has 1 N–H and O–H groups in total. The first-order valence-electron chi connectivity index (χ1n) is 4.99. The van der Waals surface area contributed by atoms with Crippen molar-refractivity contribution >= 4 is 51.8 Å². The molecule has 0 aliphatic heterocycles. The Morgan fingerprint density at radius 2 is 1.82 bits per heavy atom. The maximum Gasteiger partial charge on any atom is 0.0653 e. The highest BCUT2D eigenvalue weighted by atomic mass is 35.5. The lowest BCUT2D eigenvalue weighted by atomic mass is 10.2. The topological polar surface area (TPSA) is 12.0 Å². The zero-order chi connectivity index (χ0) is 12.4. The van der Waals surface area contributed by atoms with Gasteiger partial charge in [0.1, 0.15) is 0 Å². The average molecular weight is 307 g/mol. The fourth-order valence-electron chi connectivity index (χ4n) is 1.42. The first-order chi connectivity index (χ1) is 8.08. The van der Waals surface area contributed by atoms with E-state index in [1.807, 2.05) is 0 Å². The van der Waals surface area contributed by atoms with Crippen molar-refractivity contribution in [2.75, 3.05) is 5.32 Å². The van der Waals surface area contributed by atoms with Crippen molar-refractivity contribution in [1.29, 1.82) is 0 Å². The molecule has 0 radical (unpaired) electrons. The third kappa shape index (κ3) is 3.08. The van der Waals surface area contributed by atoms with Crippen LogP contribution in [0.1, 0.15) is 10.4 Å². The Balaban J connectivity index is 2.14. The van der Waals surface area contributed by atoms with E-state index in [9.17, 15) is 0 Å². The molecule has 0 spiro atoms. The number of benzene rings is 1. The Labute approximate surface area is 119 Å². The van der Waals surface area contributed by atoms with Crippen LogP contribution in [-0.2, 0) is 6.54 Å². The van der Waals surface area contributed by atoms with Crippen molar-refractivity contribution in [1.82, 2.24) is 0 Å². The van der Waals surface area contributed by atoms with Crippen LogP contribution in [0.25, 0.3) is 0 Å². The second-order valence-electron chi connectivity index (χ2n) is 3.63. The van der Waals surface area contributed by atoms with E-state index in [2.05, 4.69) is 23.7 Å². The van der Waals surface area contributed by atoms with Gasteiger partial charge in [-0.15, -0.1) is 11.3 Å². The molecule has 2 aromatic rings. The van der Waals surface area contributed by atoms with Crippen LogP contribution in [-0.4, -0.2) is 0 Å². The van der Waals surface area contributed by atoms with Gasteiger partial charge in [-0.2, -0.15) is 0 Å². The van der Waals surface area contributed by atoms with Crippen molar-refractivity contribution in [3.8, 4) is 0 Å². The molecular formula is C12H10Cl3NS. The highest BCUT2D eigenvalue weighted by Gasteiger charge is 2.06. The summed E-state index contributed by atoms with van der Waals surface area (Å²) in [5.74, 6) is 0. The highest BCUT2D eigenvalue weighted by molar-refractivity contribution is 7.10. The van der Waals surface area contributed by atoms with Crippen LogP contribution in [0.5, 0.6) is 0 Å². The molecule has 90 valence electrons. The molecule has 17 heavy (non-hydrogen) atoms. The highest BCUT2D eigenvalue weighted by Crippen LogP contribution is 2.32. The van der Waals surface area contributed by atoms with Gasteiger partial charge in [-0.25, -0.2) is 0 Å². The van der Waals surface area contributed by atoms with Gasteiger partial charge in [0.05, 0.1) is 20.8 Å². The SMILES string of the molecule is Cc1ccsc1CNc1cc(Cl)c(Cl)cc1Cl. The Hall–Kier alpha value is -0.410. The van der Waals surface area contributed by atoms with Gasteiger partial charge in [0.25, 0.3) is 0 Å². The third-order valence-corrected chi connectivity index (χ3v) is 4.48. The molecule has 0 atom stereocenters. The second-order valence-corrected chi connectivity index (χ2v) is 5.85. The molecule has 2 rings (SSSR count). The lowest BCUT2D eigenvalue weighted by molar-refractivity contribution is 1.17. The van der Waals surface area contributed by atoms with Crippen molar-refractivity contribution in [3.63, 3.8) is 0 Å². The first kappa shape index (κ1) is 13.0. The van der Waals surface area contributed by atoms with E-state index in [1.54, 1.807) is 23.5 Å². The second kappa shape index (κ2) is 5.49. The Morgan fingerprint density at radius 3 is 2.47 bits per heavy atom. The molecule has 1 aromatic carbocycles. The van der Waals surface area contributed by atoms with Gasteiger partial charge >= 0.3 is 0 Å². The monoisotopic (exact) mass is 305 g/mol. The van der Waals surface area contributed by atoms with Gasteiger partial charge in [0.2, 0.25) is 0 Å². The minimum atomic E-state index is 0.467. The van der Waals surface area contributed by atoms with Crippen LogP contribution < -0.4 is 5.32 Å². The summed E-state index contributed by atoms with van der Waals surface area (Å²) >= 11 is 19.6. The largest absolute Gasteiger partial charge is 0.379 e.